The van der Waals surface area contributed by atoms with E-state index in [4.69, 9.17) is 9.47 Å². The zero-order valence-electron chi connectivity index (χ0n) is 9.16. The second-order valence-corrected chi connectivity index (χ2v) is 3.18. The Morgan fingerprint density at radius 3 is 2.73 bits per heavy atom. The first-order valence-electron chi connectivity index (χ1n) is 4.61. The third-order valence-electron chi connectivity index (χ3n) is 1.90. The fourth-order valence-corrected chi connectivity index (χ4v) is 1.24. The smallest absolute Gasteiger partial charge is 0.250 e. The van der Waals surface area contributed by atoms with E-state index in [2.05, 4.69) is 5.32 Å². The summed E-state index contributed by atoms with van der Waals surface area (Å²) in [7, 11) is 3.05. The van der Waals surface area contributed by atoms with Crippen LogP contribution in [0.1, 0.15) is 5.56 Å². The third-order valence-corrected chi connectivity index (χ3v) is 1.90. The molecule has 0 bridgehead atoms. The molecule has 0 heterocycles. The molecule has 0 aliphatic carbocycles. The molecule has 1 amide bonds. The average Bonchev–Trinajstić information content (AvgIpc) is 2.18. The molecule has 1 rings (SSSR count). The SMILES string of the molecule is COCC(=O)Nc1cc(C)ccc1OC. The molecule has 0 fully saturated rings. The number of anilines is 1. The second-order valence-electron chi connectivity index (χ2n) is 3.18. The molecule has 0 atom stereocenters. The fourth-order valence-electron chi connectivity index (χ4n) is 1.24. The van der Waals surface area contributed by atoms with Crippen LogP contribution in [0.4, 0.5) is 5.69 Å². The lowest BCUT2D eigenvalue weighted by molar-refractivity contribution is -0.119. The molecule has 0 saturated carbocycles. The number of rotatable bonds is 4. The molecule has 0 aliphatic heterocycles. The van der Waals surface area contributed by atoms with Crippen LogP contribution in [0.15, 0.2) is 18.2 Å². The maximum atomic E-state index is 11.3. The van der Waals surface area contributed by atoms with Crippen LogP contribution in [0.5, 0.6) is 5.75 Å². The van der Waals surface area contributed by atoms with Crippen molar-refractivity contribution in [3.05, 3.63) is 23.8 Å². The van der Waals surface area contributed by atoms with Gasteiger partial charge in [-0.15, -0.1) is 0 Å². The number of amides is 1. The first kappa shape index (κ1) is 11.5. The summed E-state index contributed by atoms with van der Waals surface area (Å²) in [6.45, 7) is 1.99. The number of hydrogen-bond acceptors (Lipinski definition) is 3. The van der Waals surface area contributed by atoms with Crippen molar-refractivity contribution in [3.63, 3.8) is 0 Å². The summed E-state index contributed by atoms with van der Waals surface area (Å²) in [5, 5.41) is 2.71. The Hall–Kier alpha value is -1.55. The molecule has 0 aliphatic rings. The van der Waals surface area contributed by atoms with Crippen LogP contribution >= 0.6 is 0 Å². The summed E-state index contributed by atoms with van der Waals surface area (Å²) < 4.78 is 9.85. The minimum absolute atomic E-state index is 0.0388. The lowest BCUT2D eigenvalue weighted by Crippen LogP contribution is -2.17. The number of aryl methyl sites for hydroxylation is 1. The molecule has 0 spiro atoms. The number of nitrogens with one attached hydrogen (secondary N) is 1. The largest absolute Gasteiger partial charge is 0.495 e. The molecule has 0 radical (unpaired) electrons. The van der Waals surface area contributed by atoms with Crippen molar-refractivity contribution in [1.82, 2.24) is 0 Å². The molecule has 1 N–H and O–H groups in total. The second kappa shape index (κ2) is 5.36. The molecule has 1 aromatic rings. The van der Waals surface area contributed by atoms with Gasteiger partial charge in [-0.2, -0.15) is 0 Å². The van der Waals surface area contributed by atoms with E-state index in [1.54, 1.807) is 7.11 Å². The zero-order chi connectivity index (χ0) is 11.3. The lowest BCUT2D eigenvalue weighted by atomic mass is 10.2. The van der Waals surface area contributed by atoms with Crippen molar-refractivity contribution < 1.29 is 14.3 Å². The van der Waals surface area contributed by atoms with E-state index < -0.39 is 0 Å². The third kappa shape index (κ3) is 3.25. The van der Waals surface area contributed by atoms with Crippen molar-refractivity contribution in [1.29, 1.82) is 0 Å². The number of benzene rings is 1. The Bertz CT molecular complexity index is 350. The minimum Gasteiger partial charge on any atom is -0.495 e. The van der Waals surface area contributed by atoms with Crippen molar-refractivity contribution in [2.24, 2.45) is 0 Å². The van der Waals surface area contributed by atoms with Gasteiger partial charge in [0.25, 0.3) is 0 Å². The molecule has 0 aromatic heterocycles. The van der Waals surface area contributed by atoms with Gasteiger partial charge in [0, 0.05) is 7.11 Å². The van der Waals surface area contributed by atoms with Crippen molar-refractivity contribution >= 4 is 11.6 Å². The molecule has 82 valence electrons. The van der Waals surface area contributed by atoms with Crippen LogP contribution in [-0.4, -0.2) is 26.7 Å². The monoisotopic (exact) mass is 209 g/mol. The zero-order valence-corrected chi connectivity index (χ0v) is 9.16. The van der Waals surface area contributed by atoms with Gasteiger partial charge in [-0.05, 0) is 24.6 Å². The Balaban J connectivity index is 2.82. The maximum Gasteiger partial charge on any atom is 0.250 e. The number of hydrogen-bond donors (Lipinski definition) is 1. The van der Waals surface area contributed by atoms with E-state index in [-0.39, 0.29) is 12.5 Å². The molecule has 4 heteroatoms. The van der Waals surface area contributed by atoms with E-state index in [0.717, 1.165) is 5.56 Å². The van der Waals surface area contributed by atoms with Gasteiger partial charge in [0.1, 0.15) is 12.4 Å². The van der Waals surface area contributed by atoms with Crippen LogP contribution in [0.2, 0.25) is 0 Å². The summed E-state index contributed by atoms with van der Waals surface area (Å²) in [5.41, 5.74) is 1.73. The van der Waals surface area contributed by atoms with Gasteiger partial charge in [0.2, 0.25) is 5.91 Å². The highest BCUT2D eigenvalue weighted by molar-refractivity contribution is 5.93. The van der Waals surface area contributed by atoms with E-state index in [0.29, 0.717) is 11.4 Å². The summed E-state index contributed by atoms with van der Waals surface area (Å²) in [6, 6.07) is 5.59. The number of carbonyl (C=O) groups is 1. The highest BCUT2D eigenvalue weighted by Crippen LogP contribution is 2.24. The Morgan fingerprint density at radius 2 is 2.13 bits per heavy atom. The van der Waals surface area contributed by atoms with Crippen molar-refractivity contribution in [2.45, 2.75) is 6.92 Å². The predicted octanol–water partition coefficient (Wildman–Crippen LogP) is 1.59. The molecule has 0 saturated heterocycles. The normalized spacial score (nSPS) is 9.80. The van der Waals surface area contributed by atoms with Crippen molar-refractivity contribution in [3.8, 4) is 5.75 Å². The summed E-state index contributed by atoms with van der Waals surface area (Å²) in [5.74, 6) is 0.450. The van der Waals surface area contributed by atoms with Crippen LogP contribution in [0.25, 0.3) is 0 Å². The maximum absolute atomic E-state index is 11.3. The van der Waals surface area contributed by atoms with Gasteiger partial charge in [0.05, 0.1) is 12.8 Å². The Morgan fingerprint density at radius 1 is 1.40 bits per heavy atom. The van der Waals surface area contributed by atoms with E-state index in [1.807, 2.05) is 25.1 Å². The topological polar surface area (TPSA) is 47.6 Å². The lowest BCUT2D eigenvalue weighted by Gasteiger charge is -2.10. The van der Waals surface area contributed by atoms with E-state index >= 15 is 0 Å². The molecule has 0 unspecified atom stereocenters. The molecular weight excluding hydrogens is 194 g/mol. The van der Waals surface area contributed by atoms with Gasteiger partial charge in [0.15, 0.2) is 0 Å². The fraction of sp³-hybridized carbons (Fsp3) is 0.364. The standard InChI is InChI=1S/C11H15NO3/c1-8-4-5-10(15-3)9(6-8)12-11(13)7-14-2/h4-6H,7H2,1-3H3,(H,12,13). The Labute approximate surface area is 89.2 Å². The highest BCUT2D eigenvalue weighted by atomic mass is 16.5. The summed E-state index contributed by atoms with van der Waals surface area (Å²) in [6.07, 6.45) is 0. The molecule has 1 aromatic carbocycles. The first-order valence-corrected chi connectivity index (χ1v) is 4.61. The Kier molecular flexibility index (Phi) is 4.12. The van der Waals surface area contributed by atoms with Crippen LogP contribution < -0.4 is 10.1 Å². The quantitative estimate of drug-likeness (QED) is 0.819. The van der Waals surface area contributed by atoms with Gasteiger partial charge >= 0.3 is 0 Å². The number of methoxy groups -OCH3 is 2. The number of carbonyl (C=O) groups excluding carboxylic acids is 1. The van der Waals surface area contributed by atoms with E-state index in [1.165, 1.54) is 7.11 Å². The average molecular weight is 209 g/mol. The summed E-state index contributed by atoms with van der Waals surface area (Å²) in [4.78, 5) is 11.3. The van der Waals surface area contributed by atoms with Crippen LogP contribution in [0.3, 0.4) is 0 Å². The van der Waals surface area contributed by atoms with Gasteiger partial charge in [-0.1, -0.05) is 6.07 Å². The summed E-state index contributed by atoms with van der Waals surface area (Å²) >= 11 is 0. The van der Waals surface area contributed by atoms with E-state index in [9.17, 15) is 4.79 Å². The van der Waals surface area contributed by atoms with Gasteiger partial charge < -0.3 is 14.8 Å². The molecule has 15 heavy (non-hydrogen) atoms. The van der Waals surface area contributed by atoms with Crippen LogP contribution in [0, 0.1) is 6.92 Å². The predicted molar refractivity (Wildman–Crippen MR) is 58.2 cm³/mol. The van der Waals surface area contributed by atoms with Gasteiger partial charge in [-0.3, -0.25) is 4.79 Å². The highest BCUT2D eigenvalue weighted by Gasteiger charge is 2.06. The van der Waals surface area contributed by atoms with Crippen LogP contribution in [-0.2, 0) is 9.53 Å². The number of ether oxygens (including phenoxy) is 2. The molecule has 4 nitrogen and oxygen atoms in total. The minimum atomic E-state index is -0.193. The van der Waals surface area contributed by atoms with Crippen molar-refractivity contribution in [2.75, 3.05) is 26.1 Å². The van der Waals surface area contributed by atoms with Gasteiger partial charge in [-0.25, -0.2) is 0 Å². The molecular formula is C11H15NO3. The first-order chi connectivity index (χ1) is 7.17.